The average molecular weight is 728 g/mol. The molecule has 0 radical (unpaired) electrons. The van der Waals surface area contributed by atoms with Gasteiger partial charge in [-0.15, -0.1) is 0 Å². The summed E-state index contributed by atoms with van der Waals surface area (Å²) in [6.07, 6.45) is 0. The summed E-state index contributed by atoms with van der Waals surface area (Å²) in [4.78, 5) is 15.6. The van der Waals surface area contributed by atoms with Crippen LogP contribution in [0.2, 0.25) is 0 Å². The molecule has 0 spiro atoms. The minimum atomic E-state index is 0.574. The van der Waals surface area contributed by atoms with E-state index in [0.717, 1.165) is 55.7 Å². The van der Waals surface area contributed by atoms with Gasteiger partial charge in [0.1, 0.15) is 11.3 Å². The van der Waals surface area contributed by atoms with Gasteiger partial charge in [0.05, 0.1) is 0 Å². The second-order valence-corrected chi connectivity index (χ2v) is 14.3. The molecule has 0 saturated heterocycles. The SMILES string of the molecule is c1ccc(-c2ccccc2-c2nc(-c3ccc(-c4c5ccccc5cc5c4ccc4ccccc45)cc3)nc(-c3ccccc3-c3cc4ccccc4o3)n2)cc1. The van der Waals surface area contributed by atoms with Gasteiger partial charge in [0.25, 0.3) is 0 Å². The van der Waals surface area contributed by atoms with Gasteiger partial charge in [0.2, 0.25) is 0 Å². The number of benzene rings is 9. The highest BCUT2D eigenvalue weighted by atomic mass is 16.3. The van der Waals surface area contributed by atoms with Gasteiger partial charge in [-0.05, 0) is 72.8 Å². The van der Waals surface area contributed by atoms with Crippen LogP contribution in [0.3, 0.4) is 0 Å². The maximum atomic E-state index is 6.39. The first kappa shape index (κ1) is 32.7. The Morgan fingerprint density at radius 1 is 0.298 bits per heavy atom. The van der Waals surface area contributed by atoms with Crippen molar-refractivity contribution in [1.29, 1.82) is 0 Å². The molecule has 0 N–H and O–H groups in total. The van der Waals surface area contributed by atoms with Crippen LogP contribution in [0.15, 0.2) is 205 Å². The minimum absolute atomic E-state index is 0.574. The van der Waals surface area contributed by atoms with Crippen LogP contribution in [-0.2, 0) is 0 Å². The summed E-state index contributed by atoms with van der Waals surface area (Å²) < 4.78 is 6.39. The fourth-order valence-corrected chi connectivity index (χ4v) is 8.22. The molecule has 11 aromatic rings. The van der Waals surface area contributed by atoms with Crippen molar-refractivity contribution in [3.05, 3.63) is 200 Å². The predicted octanol–water partition coefficient (Wildman–Crippen LogP) is 14.1. The molecule has 2 heterocycles. The Labute approximate surface area is 329 Å². The number of hydrogen-bond acceptors (Lipinski definition) is 4. The van der Waals surface area contributed by atoms with Gasteiger partial charge >= 0.3 is 0 Å². The molecular formula is C53H33N3O. The molecule has 0 aliphatic rings. The Kier molecular flexibility index (Phi) is 7.78. The zero-order valence-corrected chi connectivity index (χ0v) is 30.8. The van der Waals surface area contributed by atoms with Crippen molar-refractivity contribution < 1.29 is 4.42 Å². The van der Waals surface area contributed by atoms with Crippen LogP contribution in [-0.4, -0.2) is 15.0 Å². The lowest BCUT2D eigenvalue weighted by Crippen LogP contribution is -2.02. The van der Waals surface area contributed by atoms with Gasteiger partial charge in [-0.2, -0.15) is 0 Å². The number of nitrogens with zero attached hydrogens (tertiary/aromatic N) is 3. The van der Waals surface area contributed by atoms with Crippen LogP contribution in [0.4, 0.5) is 0 Å². The number of fused-ring (bicyclic) bond motifs is 5. The van der Waals surface area contributed by atoms with E-state index in [-0.39, 0.29) is 0 Å². The number of rotatable bonds is 6. The molecule has 57 heavy (non-hydrogen) atoms. The molecule has 0 aliphatic heterocycles. The van der Waals surface area contributed by atoms with Crippen molar-refractivity contribution in [1.82, 2.24) is 15.0 Å². The second-order valence-electron chi connectivity index (χ2n) is 14.3. The van der Waals surface area contributed by atoms with E-state index in [1.807, 2.05) is 42.5 Å². The largest absolute Gasteiger partial charge is 0.456 e. The van der Waals surface area contributed by atoms with Crippen molar-refractivity contribution >= 4 is 43.3 Å². The Morgan fingerprint density at radius 3 is 1.61 bits per heavy atom. The molecule has 4 nitrogen and oxygen atoms in total. The first-order valence-electron chi connectivity index (χ1n) is 19.2. The number of aromatic nitrogens is 3. The van der Waals surface area contributed by atoms with Crippen molar-refractivity contribution in [2.75, 3.05) is 0 Å². The Bertz CT molecular complexity index is 3260. The molecule has 9 aromatic carbocycles. The summed E-state index contributed by atoms with van der Waals surface area (Å²) in [6.45, 7) is 0. The Morgan fingerprint density at radius 2 is 0.860 bits per heavy atom. The molecule has 0 bridgehead atoms. The lowest BCUT2D eigenvalue weighted by Gasteiger charge is -2.15. The molecule has 0 saturated carbocycles. The highest BCUT2D eigenvalue weighted by molar-refractivity contribution is 6.20. The Balaban J connectivity index is 1.10. The van der Waals surface area contributed by atoms with E-state index < -0.39 is 0 Å². The van der Waals surface area contributed by atoms with Gasteiger partial charge in [-0.25, -0.2) is 15.0 Å². The van der Waals surface area contributed by atoms with Crippen LogP contribution in [0, 0.1) is 0 Å². The maximum Gasteiger partial charge on any atom is 0.164 e. The van der Waals surface area contributed by atoms with Crippen LogP contribution >= 0.6 is 0 Å². The lowest BCUT2D eigenvalue weighted by molar-refractivity contribution is 0.631. The summed E-state index contributed by atoms with van der Waals surface area (Å²) in [5.41, 5.74) is 8.95. The van der Waals surface area contributed by atoms with E-state index in [1.165, 1.54) is 37.9 Å². The Hall–Kier alpha value is -7.69. The number of furan rings is 1. The first-order valence-corrected chi connectivity index (χ1v) is 19.2. The third-order valence-electron chi connectivity index (χ3n) is 10.9. The van der Waals surface area contributed by atoms with E-state index >= 15 is 0 Å². The van der Waals surface area contributed by atoms with E-state index in [2.05, 4.69) is 158 Å². The summed E-state index contributed by atoms with van der Waals surface area (Å²) in [5.74, 6) is 2.53. The molecule has 4 heteroatoms. The van der Waals surface area contributed by atoms with E-state index in [0.29, 0.717) is 17.5 Å². The van der Waals surface area contributed by atoms with E-state index in [9.17, 15) is 0 Å². The highest BCUT2D eigenvalue weighted by Crippen LogP contribution is 2.41. The van der Waals surface area contributed by atoms with Crippen molar-refractivity contribution in [3.8, 4) is 67.7 Å². The third kappa shape index (κ3) is 5.74. The van der Waals surface area contributed by atoms with Crippen molar-refractivity contribution in [2.24, 2.45) is 0 Å². The average Bonchev–Trinajstić information content (AvgIpc) is 3.73. The lowest BCUT2D eigenvalue weighted by atomic mass is 9.89. The summed E-state index contributed by atoms with van der Waals surface area (Å²) in [5, 5.41) is 8.44. The fraction of sp³-hybridized carbons (Fsp3) is 0. The third-order valence-corrected chi connectivity index (χ3v) is 10.9. The molecule has 266 valence electrons. The summed E-state index contributed by atoms with van der Waals surface area (Å²) in [7, 11) is 0. The van der Waals surface area contributed by atoms with Gasteiger partial charge in [-0.3, -0.25) is 0 Å². The van der Waals surface area contributed by atoms with Crippen LogP contribution in [0.5, 0.6) is 0 Å². The molecule has 0 fully saturated rings. The molecule has 0 unspecified atom stereocenters. The number of para-hydroxylation sites is 1. The molecule has 0 aliphatic carbocycles. The monoisotopic (exact) mass is 727 g/mol. The minimum Gasteiger partial charge on any atom is -0.456 e. The first-order chi connectivity index (χ1) is 28.2. The molecular weight excluding hydrogens is 695 g/mol. The standard InChI is InChI=1S/C53H33N3O/c1-2-14-34(15-3-1)40-19-9-11-23-45(40)52-54-51(55-53(56-52)46-24-12-10-22-43(46)49-33-39-18-6-13-25-48(39)57-49)37-28-26-36(27-29-37)50-42-21-8-5-17-38(42)32-47-41-20-7-4-16-35(41)30-31-44(47)50/h1-33H. The fourth-order valence-electron chi connectivity index (χ4n) is 8.22. The molecule has 2 aromatic heterocycles. The van der Waals surface area contributed by atoms with Crippen LogP contribution < -0.4 is 0 Å². The summed E-state index contributed by atoms with van der Waals surface area (Å²) >= 11 is 0. The zero-order valence-electron chi connectivity index (χ0n) is 30.8. The topological polar surface area (TPSA) is 51.8 Å². The zero-order chi connectivity index (χ0) is 37.7. The van der Waals surface area contributed by atoms with Gasteiger partial charge in [-0.1, -0.05) is 182 Å². The van der Waals surface area contributed by atoms with Crippen molar-refractivity contribution in [3.63, 3.8) is 0 Å². The molecule has 0 atom stereocenters. The number of hydrogen-bond donors (Lipinski definition) is 0. The van der Waals surface area contributed by atoms with E-state index in [4.69, 9.17) is 19.4 Å². The molecule has 11 rings (SSSR count). The van der Waals surface area contributed by atoms with Crippen LogP contribution in [0.25, 0.3) is 111 Å². The van der Waals surface area contributed by atoms with E-state index in [1.54, 1.807) is 0 Å². The van der Waals surface area contributed by atoms with Crippen LogP contribution in [0.1, 0.15) is 0 Å². The van der Waals surface area contributed by atoms with Crippen molar-refractivity contribution in [2.45, 2.75) is 0 Å². The maximum absolute atomic E-state index is 6.39. The van der Waals surface area contributed by atoms with Gasteiger partial charge in [0, 0.05) is 27.6 Å². The molecule has 0 amide bonds. The quantitative estimate of drug-likeness (QED) is 0.126. The van der Waals surface area contributed by atoms with Gasteiger partial charge < -0.3 is 4.42 Å². The van der Waals surface area contributed by atoms with Gasteiger partial charge in [0.15, 0.2) is 17.5 Å². The summed E-state index contributed by atoms with van der Waals surface area (Å²) in [6, 6.07) is 69.9. The second kappa shape index (κ2) is 13.6. The highest BCUT2D eigenvalue weighted by Gasteiger charge is 2.20. The normalized spacial score (nSPS) is 11.5. The predicted molar refractivity (Wildman–Crippen MR) is 235 cm³/mol. The smallest absolute Gasteiger partial charge is 0.164 e.